The van der Waals surface area contributed by atoms with E-state index in [0.29, 0.717) is 13.0 Å². The van der Waals surface area contributed by atoms with Gasteiger partial charge in [0.2, 0.25) is 11.8 Å². The van der Waals surface area contributed by atoms with Gasteiger partial charge in [-0.15, -0.1) is 0 Å². The molecule has 9 heteroatoms. The summed E-state index contributed by atoms with van der Waals surface area (Å²) >= 11 is 0. The number of hydrogen-bond acceptors (Lipinski definition) is 5. The fourth-order valence-electron chi connectivity index (χ4n) is 2.08. The Balaban J connectivity index is 2.07. The van der Waals surface area contributed by atoms with Crippen LogP contribution in [0.5, 0.6) is 5.75 Å². The van der Waals surface area contributed by atoms with E-state index in [-0.39, 0.29) is 17.3 Å². The minimum Gasteiger partial charge on any atom is -0.506 e. The Kier molecular flexibility index (Phi) is 4.66. The molecule has 0 spiro atoms. The van der Waals surface area contributed by atoms with Crippen molar-refractivity contribution in [2.45, 2.75) is 27.2 Å². The zero-order chi connectivity index (χ0) is 18.1. The Labute approximate surface area is 141 Å². The molecule has 0 aromatic heterocycles. The van der Waals surface area contributed by atoms with Crippen LogP contribution in [-0.2, 0) is 21.4 Å². The van der Waals surface area contributed by atoms with E-state index >= 15 is 0 Å². The average molecular weight is 355 g/mol. The summed E-state index contributed by atoms with van der Waals surface area (Å²) in [6.45, 7) is 5.85. The van der Waals surface area contributed by atoms with Gasteiger partial charge in [0.25, 0.3) is 0 Å². The number of anilines is 1. The molecular formula is C15H21N3O5S. The fourth-order valence-corrected chi connectivity index (χ4v) is 3.15. The van der Waals surface area contributed by atoms with Crippen molar-refractivity contribution in [1.82, 2.24) is 10.0 Å². The maximum Gasteiger partial charge on any atom is 0.330 e. The third-order valence-corrected chi connectivity index (χ3v) is 4.68. The summed E-state index contributed by atoms with van der Waals surface area (Å²) in [6.07, 6.45) is 1.45. The molecule has 0 saturated carbocycles. The van der Waals surface area contributed by atoms with Crippen LogP contribution < -0.4 is 14.3 Å². The van der Waals surface area contributed by atoms with Gasteiger partial charge in [0, 0.05) is 12.0 Å². The molecule has 24 heavy (non-hydrogen) atoms. The van der Waals surface area contributed by atoms with Gasteiger partial charge in [-0.1, -0.05) is 26.8 Å². The van der Waals surface area contributed by atoms with Crippen LogP contribution in [0.1, 0.15) is 26.3 Å². The summed E-state index contributed by atoms with van der Waals surface area (Å²) in [5.74, 6) is -0.840. The first-order chi connectivity index (χ1) is 11.0. The highest BCUT2D eigenvalue weighted by Crippen LogP contribution is 2.32. The molecule has 8 nitrogen and oxygen atoms in total. The van der Waals surface area contributed by atoms with E-state index < -0.39 is 21.5 Å². The smallest absolute Gasteiger partial charge is 0.330 e. The van der Waals surface area contributed by atoms with Gasteiger partial charge in [-0.05, 0) is 24.1 Å². The minimum absolute atomic E-state index is 0.0222. The predicted molar refractivity (Wildman–Crippen MR) is 89.5 cm³/mol. The number of hydrogen-bond donors (Lipinski definition) is 4. The Morgan fingerprint density at radius 1 is 1.29 bits per heavy atom. The normalized spacial score (nSPS) is 16.5. The molecule has 0 unspecified atom stereocenters. The van der Waals surface area contributed by atoms with Crippen LogP contribution in [0.2, 0.25) is 0 Å². The van der Waals surface area contributed by atoms with Gasteiger partial charge in [-0.3, -0.25) is 4.79 Å². The number of aliphatic hydroxyl groups is 1. The first-order valence-electron chi connectivity index (χ1n) is 7.34. The van der Waals surface area contributed by atoms with Gasteiger partial charge >= 0.3 is 10.2 Å². The van der Waals surface area contributed by atoms with Crippen LogP contribution in [0.25, 0.3) is 0 Å². The third kappa shape index (κ3) is 3.91. The van der Waals surface area contributed by atoms with Crippen molar-refractivity contribution in [3.8, 4) is 5.75 Å². The highest BCUT2D eigenvalue weighted by Gasteiger charge is 2.30. The van der Waals surface area contributed by atoms with Crippen LogP contribution in [0, 0.1) is 5.41 Å². The minimum atomic E-state index is -3.95. The Bertz CT molecular complexity index is 781. The zero-order valence-corrected chi connectivity index (χ0v) is 14.5. The third-order valence-electron chi connectivity index (χ3n) is 3.39. The highest BCUT2D eigenvalue weighted by atomic mass is 32.2. The van der Waals surface area contributed by atoms with Gasteiger partial charge in [-0.25, -0.2) is 9.03 Å². The second-order valence-corrected chi connectivity index (χ2v) is 8.04. The number of phenolic OH excluding ortho intramolecular Hbond substituents is 1. The molecule has 0 radical (unpaired) electrons. The molecule has 1 amide bonds. The summed E-state index contributed by atoms with van der Waals surface area (Å²) < 4.78 is 26.2. The first kappa shape index (κ1) is 17.9. The van der Waals surface area contributed by atoms with Gasteiger partial charge in [0.05, 0.1) is 6.20 Å². The number of amides is 1. The monoisotopic (exact) mass is 355 g/mol. The quantitative estimate of drug-likeness (QED) is 0.645. The van der Waals surface area contributed by atoms with Crippen LogP contribution in [0.15, 0.2) is 30.3 Å². The molecule has 1 heterocycles. The lowest BCUT2D eigenvalue weighted by Gasteiger charge is -2.18. The predicted octanol–water partition coefficient (Wildman–Crippen LogP) is 1.11. The van der Waals surface area contributed by atoms with E-state index in [1.54, 1.807) is 6.07 Å². The number of carbonyl (C=O) groups is 1. The summed E-state index contributed by atoms with van der Waals surface area (Å²) in [6, 6.07) is 4.51. The van der Waals surface area contributed by atoms with Crippen molar-refractivity contribution >= 4 is 21.8 Å². The maximum absolute atomic E-state index is 11.8. The van der Waals surface area contributed by atoms with Crippen LogP contribution in [0.3, 0.4) is 0 Å². The summed E-state index contributed by atoms with van der Waals surface area (Å²) in [5.41, 5.74) is 0.287. The zero-order valence-electron chi connectivity index (χ0n) is 13.7. The number of aromatic hydroxyl groups is 1. The Morgan fingerprint density at radius 3 is 2.46 bits per heavy atom. The van der Waals surface area contributed by atoms with E-state index in [2.05, 4.69) is 5.32 Å². The molecule has 132 valence electrons. The van der Waals surface area contributed by atoms with Gasteiger partial charge in [0.1, 0.15) is 11.4 Å². The molecule has 0 aliphatic carbocycles. The number of carbonyl (C=O) groups excluding carboxylic acids is 1. The molecule has 1 aliphatic rings. The van der Waals surface area contributed by atoms with Crippen LogP contribution in [-0.4, -0.2) is 31.1 Å². The lowest BCUT2D eigenvalue weighted by atomic mass is 9.95. The molecule has 1 aromatic rings. The average Bonchev–Trinajstić information content (AvgIpc) is 2.70. The SMILES string of the molecule is CC(C)(C)C(=O)NCCc1ccc(N2C=C(O)NS2(=O)=O)c(O)c1. The number of nitrogens with zero attached hydrogens (tertiary/aromatic N) is 1. The summed E-state index contributed by atoms with van der Waals surface area (Å²) in [7, 11) is -3.95. The summed E-state index contributed by atoms with van der Waals surface area (Å²) in [4.78, 5) is 11.8. The van der Waals surface area contributed by atoms with E-state index in [0.717, 1.165) is 16.1 Å². The van der Waals surface area contributed by atoms with Crippen LogP contribution >= 0.6 is 0 Å². The van der Waals surface area contributed by atoms with E-state index in [1.165, 1.54) is 12.1 Å². The van der Waals surface area contributed by atoms with Gasteiger partial charge < -0.3 is 15.5 Å². The standard InChI is InChI=1S/C15H21N3O5S/c1-15(2,3)14(21)16-7-6-10-4-5-11(12(19)8-10)18-9-13(20)17-24(18,22)23/h4-5,8-9,17,19-20H,6-7H2,1-3H3,(H,16,21). The Morgan fingerprint density at radius 2 is 1.96 bits per heavy atom. The number of phenols is 1. The molecule has 2 rings (SSSR count). The lowest BCUT2D eigenvalue weighted by molar-refractivity contribution is -0.128. The summed E-state index contributed by atoms with van der Waals surface area (Å²) in [5, 5.41) is 22.2. The van der Waals surface area contributed by atoms with E-state index in [4.69, 9.17) is 0 Å². The van der Waals surface area contributed by atoms with E-state index in [9.17, 15) is 23.4 Å². The topological polar surface area (TPSA) is 119 Å². The van der Waals surface area contributed by atoms with Crippen molar-refractivity contribution in [3.63, 3.8) is 0 Å². The van der Waals surface area contributed by atoms with Crippen LogP contribution in [0.4, 0.5) is 5.69 Å². The molecule has 1 aliphatic heterocycles. The molecular weight excluding hydrogens is 334 g/mol. The fraction of sp³-hybridized carbons (Fsp3) is 0.400. The maximum atomic E-state index is 11.8. The number of rotatable bonds is 4. The second-order valence-electron chi connectivity index (χ2n) is 6.50. The van der Waals surface area contributed by atoms with Crippen molar-refractivity contribution in [2.24, 2.45) is 5.41 Å². The number of benzene rings is 1. The van der Waals surface area contributed by atoms with Crippen molar-refractivity contribution < 1.29 is 23.4 Å². The van der Waals surface area contributed by atoms with Gasteiger partial charge in [-0.2, -0.15) is 8.42 Å². The second kappa shape index (κ2) is 6.23. The lowest BCUT2D eigenvalue weighted by Crippen LogP contribution is -2.35. The molecule has 0 bridgehead atoms. The van der Waals surface area contributed by atoms with Crippen molar-refractivity contribution in [1.29, 1.82) is 0 Å². The molecule has 0 saturated heterocycles. The van der Waals surface area contributed by atoms with Crippen molar-refractivity contribution in [2.75, 3.05) is 10.8 Å². The van der Waals surface area contributed by atoms with Gasteiger partial charge in [0.15, 0.2) is 0 Å². The largest absolute Gasteiger partial charge is 0.506 e. The molecule has 4 N–H and O–H groups in total. The number of nitrogens with one attached hydrogen (secondary N) is 2. The highest BCUT2D eigenvalue weighted by molar-refractivity contribution is 7.91. The Hall–Kier alpha value is -2.42. The number of aliphatic hydroxyl groups excluding tert-OH is 1. The molecule has 0 atom stereocenters. The molecule has 1 aromatic carbocycles. The first-order valence-corrected chi connectivity index (χ1v) is 8.78. The molecule has 0 fully saturated rings. The van der Waals surface area contributed by atoms with Crippen molar-refractivity contribution in [3.05, 3.63) is 35.8 Å². The van der Waals surface area contributed by atoms with E-state index in [1.807, 2.05) is 25.5 Å².